The van der Waals surface area contributed by atoms with Gasteiger partial charge in [0.2, 0.25) is 0 Å². The second-order valence-corrected chi connectivity index (χ2v) is 6.47. The van der Waals surface area contributed by atoms with E-state index in [1.807, 2.05) is 37.8 Å². The minimum atomic E-state index is -0.430. The molecule has 2 heterocycles. The van der Waals surface area contributed by atoms with Crippen molar-refractivity contribution in [1.82, 2.24) is 14.7 Å². The molecule has 1 N–H and O–H groups in total. The molecule has 1 fully saturated rings. The number of carbonyl (C=O) groups excluding carboxylic acids is 1. The van der Waals surface area contributed by atoms with Crippen molar-refractivity contribution in [2.45, 2.75) is 58.7 Å². The molecule has 0 saturated carbocycles. The summed E-state index contributed by atoms with van der Waals surface area (Å²) >= 11 is 0. The summed E-state index contributed by atoms with van der Waals surface area (Å²) in [5.74, 6) is 0. The van der Waals surface area contributed by atoms with Crippen molar-refractivity contribution in [2.24, 2.45) is 0 Å². The van der Waals surface area contributed by atoms with E-state index in [4.69, 9.17) is 4.74 Å². The highest BCUT2D eigenvalue weighted by atomic mass is 16.6. The molecule has 2 rings (SSSR count). The fraction of sp³-hybridized carbons (Fsp3) is 0.733. The number of amides is 1. The summed E-state index contributed by atoms with van der Waals surface area (Å²) in [6, 6.07) is 0.387. The highest BCUT2D eigenvalue weighted by Gasteiger charge is 2.26. The summed E-state index contributed by atoms with van der Waals surface area (Å²) in [7, 11) is 0. The SMILES string of the molecule is CCn1cc(NC2CCN(C(=O)OC(C)(C)C)CC2)cn1. The first kappa shape index (κ1) is 15.7. The number of anilines is 1. The maximum absolute atomic E-state index is 12.0. The molecule has 21 heavy (non-hydrogen) atoms. The van der Waals surface area contributed by atoms with E-state index in [0.717, 1.165) is 38.2 Å². The van der Waals surface area contributed by atoms with Crippen LogP contribution in [0.4, 0.5) is 10.5 Å². The molecule has 0 atom stereocenters. The second kappa shape index (κ2) is 6.37. The number of likely N-dealkylation sites (tertiary alicyclic amines) is 1. The highest BCUT2D eigenvalue weighted by Crippen LogP contribution is 2.18. The van der Waals surface area contributed by atoms with Crippen LogP contribution in [0.1, 0.15) is 40.5 Å². The first-order valence-electron chi connectivity index (χ1n) is 7.64. The van der Waals surface area contributed by atoms with E-state index in [1.165, 1.54) is 0 Å². The summed E-state index contributed by atoms with van der Waals surface area (Å²) in [5, 5.41) is 7.73. The van der Waals surface area contributed by atoms with Crippen LogP contribution >= 0.6 is 0 Å². The molecule has 1 amide bonds. The molecular weight excluding hydrogens is 268 g/mol. The standard InChI is InChI=1S/C15H26N4O2/c1-5-19-11-13(10-16-19)17-12-6-8-18(9-7-12)14(20)21-15(2,3)4/h10-12,17H,5-9H2,1-4H3. The first-order valence-corrected chi connectivity index (χ1v) is 7.64. The van der Waals surface area contributed by atoms with Crippen LogP contribution in [0.2, 0.25) is 0 Å². The number of aromatic nitrogens is 2. The van der Waals surface area contributed by atoms with Crippen LogP contribution in [0, 0.1) is 0 Å². The number of rotatable bonds is 3. The zero-order chi connectivity index (χ0) is 15.5. The lowest BCUT2D eigenvalue weighted by Gasteiger charge is -2.33. The van der Waals surface area contributed by atoms with Gasteiger partial charge in [0.15, 0.2) is 0 Å². The van der Waals surface area contributed by atoms with E-state index >= 15 is 0 Å². The van der Waals surface area contributed by atoms with E-state index in [2.05, 4.69) is 17.3 Å². The largest absolute Gasteiger partial charge is 0.444 e. The van der Waals surface area contributed by atoms with Crippen molar-refractivity contribution in [3.05, 3.63) is 12.4 Å². The van der Waals surface area contributed by atoms with E-state index in [9.17, 15) is 4.79 Å². The molecule has 1 aliphatic heterocycles. The van der Waals surface area contributed by atoms with Crippen LogP contribution in [0.25, 0.3) is 0 Å². The van der Waals surface area contributed by atoms with E-state index in [0.29, 0.717) is 6.04 Å². The average Bonchev–Trinajstić information content (AvgIpc) is 2.85. The topological polar surface area (TPSA) is 59.4 Å². The van der Waals surface area contributed by atoms with Gasteiger partial charge in [0.1, 0.15) is 5.60 Å². The van der Waals surface area contributed by atoms with Crippen LogP contribution in [-0.4, -0.2) is 45.5 Å². The summed E-state index contributed by atoms with van der Waals surface area (Å²) < 4.78 is 7.30. The van der Waals surface area contributed by atoms with E-state index in [-0.39, 0.29) is 6.09 Å². The molecule has 1 saturated heterocycles. The van der Waals surface area contributed by atoms with Gasteiger partial charge in [-0.3, -0.25) is 4.68 Å². The number of piperidine rings is 1. The Balaban J connectivity index is 1.79. The molecule has 1 aliphatic rings. The molecular formula is C15H26N4O2. The third-order valence-electron chi connectivity index (χ3n) is 3.47. The Hall–Kier alpha value is -1.72. The molecule has 1 aromatic heterocycles. The van der Waals surface area contributed by atoms with Crippen molar-refractivity contribution in [1.29, 1.82) is 0 Å². The Morgan fingerprint density at radius 2 is 2.10 bits per heavy atom. The van der Waals surface area contributed by atoms with Crippen molar-refractivity contribution in [3.63, 3.8) is 0 Å². The molecule has 0 bridgehead atoms. The highest BCUT2D eigenvalue weighted by molar-refractivity contribution is 5.68. The lowest BCUT2D eigenvalue weighted by atomic mass is 10.1. The van der Waals surface area contributed by atoms with Gasteiger partial charge in [0.25, 0.3) is 0 Å². The van der Waals surface area contributed by atoms with E-state index < -0.39 is 5.60 Å². The minimum absolute atomic E-state index is 0.209. The summed E-state index contributed by atoms with van der Waals surface area (Å²) in [4.78, 5) is 13.8. The Bertz CT molecular complexity index is 470. The summed E-state index contributed by atoms with van der Waals surface area (Å²) in [6.45, 7) is 10.1. The first-order chi connectivity index (χ1) is 9.87. The number of hydrogen-bond donors (Lipinski definition) is 1. The van der Waals surface area contributed by atoms with Crippen LogP contribution in [0.15, 0.2) is 12.4 Å². The van der Waals surface area contributed by atoms with Gasteiger partial charge in [-0.05, 0) is 40.5 Å². The molecule has 0 spiro atoms. The third kappa shape index (κ3) is 4.65. The molecule has 6 nitrogen and oxygen atoms in total. The number of aryl methyl sites for hydroxylation is 1. The molecule has 6 heteroatoms. The fourth-order valence-electron chi connectivity index (χ4n) is 2.38. The van der Waals surface area contributed by atoms with Gasteiger partial charge >= 0.3 is 6.09 Å². The quantitative estimate of drug-likeness (QED) is 0.931. The van der Waals surface area contributed by atoms with Gasteiger partial charge in [-0.2, -0.15) is 5.10 Å². The zero-order valence-corrected chi connectivity index (χ0v) is 13.4. The Kier molecular flexibility index (Phi) is 4.75. The van der Waals surface area contributed by atoms with Gasteiger partial charge < -0.3 is 15.0 Å². The molecule has 0 radical (unpaired) electrons. The van der Waals surface area contributed by atoms with Gasteiger partial charge in [0, 0.05) is 31.9 Å². The van der Waals surface area contributed by atoms with Gasteiger partial charge in [-0.25, -0.2) is 4.79 Å². The summed E-state index contributed by atoms with van der Waals surface area (Å²) in [5.41, 5.74) is 0.619. The maximum atomic E-state index is 12.0. The fourth-order valence-corrected chi connectivity index (χ4v) is 2.38. The van der Waals surface area contributed by atoms with Crippen LogP contribution in [0.3, 0.4) is 0 Å². The Labute approximate surface area is 126 Å². The number of ether oxygens (including phenoxy) is 1. The Morgan fingerprint density at radius 1 is 1.43 bits per heavy atom. The van der Waals surface area contributed by atoms with Gasteiger partial charge in [-0.15, -0.1) is 0 Å². The lowest BCUT2D eigenvalue weighted by Crippen LogP contribution is -2.44. The molecule has 1 aromatic rings. The van der Waals surface area contributed by atoms with Crippen LogP contribution in [0.5, 0.6) is 0 Å². The minimum Gasteiger partial charge on any atom is -0.444 e. The third-order valence-corrected chi connectivity index (χ3v) is 3.47. The van der Waals surface area contributed by atoms with Crippen molar-refractivity contribution < 1.29 is 9.53 Å². The van der Waals surface area contributed by atoms with E-state index in [1.54, 1.807) is 4.90 Å². The van der Waals surface area contributed by atoms with Gasteiger partial charge in [0.05, 0.1) is 11.9 Å². The maximum Gasteiger partial charge on any atom is 0.410 e. The molecule has 0 aliphatic carbocycles. The number of nitrogens with one attached hydrogen (secondary N) is 1. The number of carbonyl (C=O) groups is 1. The average molecular weight is 294 g/mol. The Morgan fingerprint density at radius 3 is 2.62 bits per heavy atom. The van der Waals surface area contributed by atoms with Gasteiger partial charge in [-0.1, -0.05) is 0 Å². The molecule has 0 unspecified atom stereocenters. The summed E-state index contributed by atoms with van der Waals surface area (Å²) in [6.07, 6.45) is 5.51. The predicted molar refractivity (Wildman–Crippen MR) is 82.4 cm³/mol. The number of hydrogen-bond acceptors (Lipinski definition) is 4. The van der Waals surface area contributed by atoms with Crippen LogP contribution < -0.4 is 5.32 Å². The zero-order valence-electron chi connectivity index (χ0n) is 13.4. The monoisotopic (exact) mass is 294 g/mol. The van der Waals surface area contributed by atoms with Crippen LogP contribution in [-0.2, 0) is 11.3 Å². The normalized spacial score (nSPS) is 16.9. The molecule has 118 valence electrons. The molecule has 0 aromatic carbocycles. The lowest BCUT2D eigenvalue weighted by molar-refractivity contribution is 0.0210. The van der Waals surface area contributed by atoms with Crippen molar-refractivity contribution >= 4 is 11.8 Å². The second-order valence-electron chi connectivity index (χ2n) is 6.47. The smallest absolute Gasteiger partial charge is 0.410 e. The number of nitrogens with zero attached hydrogens (tertiary/aromatic N) is 3. The predicted octanol–water partition coefficient (Wildman–Crippen LogP) is 2.71. The van der Waals surface area contributed by atoms with Crippen molar-refractivity contribution in [3.8, 4) is 0 Å². The van der Waals surface area contributed by atoms with Crippen molar-refractivity contribution in [2.75, 3.05) is 18.4 Å².